The summed E-state index contributed by atoms with van der Waals surface area (Å²) < 4.78 is 5.20. The first-order valence-corrected chi connectivity index (χ1v) is 6.72. The molecule has 0 aromatic carbocycles. The summed E-state index contributed by atoms with van der Waals surface area (Å²) in [6.45, 7) is 2.91. The molecule has 2 amide bonds. The third-order valence-electron chi connectivity index (χ3n) is 3.71. The van der Waals surface area contributed by atoms with E-state index in [-0.39, 0.29) is 11.8 Å². The maximum Gasteiger partial charge on any atom is 0.276 e. The molecule has 1 N–H and O–H groups in total. The highest BCUT2D eigenvalue weighted by Gasteiger charge is 2.32. The van der Waals surface area contributed by atoms with Crippen molar-refractivity contribution in [2.24, 2.45) is 0 Å². The number of rotatable bonds is 2. The van der Waals surface area contributed by atoms with Crippen molar-refractivity contribution in [3.8, 4) is 0 Å². The fourth-order valence-corrected chi connectivity index (χ4v) is 2.32. The quantitative estimate of drug-likeness (QED) is 0.860. The fourth-order valence-electron chi connectivity index (χ4n) is 2.32. The van der Waals surface area contributed by atoms with E-state index in [0.29, 0.717) is 24.7 Å². The predicted octanol–water partition coefficient (Wildman–Crippen LogP) is 0.903. The summed E-state index contributed by atoms with van der Waals surface area (Å²) in [4.78, 5) is 25.7. The zero-order valence-electron chi connectivity index (χ0n) is 10.9. The van der Waals surface area contributed by atoms with Crippen LogP contribution in [0.1, 0.15) is 48.4 Å². The standard InChI is InChI=1S/C13H17N3O3/c1-8-12(17)14-5-2-6-16(8)13(18)10-7-11(19-15-10)9-3-4-9/h7-9H,2-6H2,1H3,(H,14,17). The van der Waals surface area contributed by atoms with Crippen LogP contribution in [-0.4, -0.2) is 41.0 Å². The second kappa shape index (κ2) is 4.68. The van der Waals surface area contributed by atoms with Crippen molar-refractivity contribution in [2.45, 2.75) is 38.1 Å². The molecule has 19 heavy (non-hydrogen) atoms. The van der Waals surface area contributed by atoms with Crippen molar-refractivity contribution >= 4 is 11.8 Å². The molecule has 1 saturated heterocycles. The molecular weight excluding hydrogens is 246 g/mol. The molecule has 1 saturated carbocycles. The molecule has 1 unspecified atom stereocenters. The van der Waals surface area contributed by atoms with E-state index in [2.05, 4.69) is 10.5 Å². The van der Waals surface area contributed by atoms with Gasteiger partial charge >= 0.3 is 0 Å². The van der Waals surface area contributed by atoms with Crippen LogP contribution >= 0.6 is 0 Å². The third kappa shape index (κ3) is 2.34. The van der Waals surface area contributed by atoms with Crippen molar-refractivity contribution in [1.29, 1.82) is 0 Å². The molecule has 6 nitrogen and oxygen atoms in total. The van der Waals surface area contributed by atoms with Gasteiger partial charge in [0.2, 0.25) is 5.91 Å². The molecule has 1 aliphatic heterocycles. The Morgan fingerprint density at radius 1 is 1.53 bits per heavy atom. The van der Waals surface area contributed by atoms with Gasteiger partial charge < -0.3 is 14.7 Å². The number of carbonyl (C=O) groups excluding carboxylic acids is 2. The van der Waals surface area contributed by atoms with E-state index in [1.54, 1.807) is 17.9 Å². The summed E-state index contributed by atoms with van der Waals surface area (Å²) >= 11 is 0. The van der Waals surface area contributed by atoms with E-state index in [9.17, 15) is 9.59 Å². The maximum absolute atomic E-state index is 12.4. The lowest BCUT2D eigenvalue weighted by Crippen LogP contribution is -2.45. The zero-order chi connectivity index (χ0) is 13.4. The van der Waals surface area contributed by atoms with Gasteiger partial charge in [-0.2, -0.15) is 0 Å². The number of carbonyl (C=O) groups is 2. The van der Waals surface area contributed by atoms with Crippen LogP contribution in [0.25, 0.3) is 0 Å². The first-order valence-electron chi connectivity index (χ1n) is 6.72. The summed E-state index contributed by atoms with van der Waals surface area (Å²) in [5.74, 6) is 0.881. The number of nitrogens with zero attached hydrogens (tertiary/aromatic N) is 2. The predicted molar refractivity (Wildman–Crippen MR) is 66.6 cm³/mol. The van der Waals surface area contributed by atoms with Crippen molar-refractivity contribution in [1.82, 2.24) is 15.4 Å². The smallest absolute Gasteiger partial charge is 0.276 e. The minimum absolute atomic E-state index is 0.114. The molecule has 0 radical (unpaired) electrons. The lowest BCUT2D eigenvalue weighted by molar-refractivity contribution is -0.124. The van der Waals surface area contributed by atoms with Gasteiger partial charge in [-0.1, -0.05) is 5.16 Å². The van der Waals surface area contributed by atoms with Crippen molar-refractivity contribution in [3.05, 3.63) is 17.5 Å². The summed E-state index contributed by atoms with van der Waals surface area (Å²) in [6, 6.07) is 1.26. The van der Waals surface area contributed by atoms with E-state index >= 15 is 0 Å². The van der Waals surface area contributed by atoms with Gasteiger partial charge in [0.1, 0.15) is 11.8 Å². The van der Waals surface area contributed by atoms with Crippen molar-refractivity contribution in [2.75, 3.05) is 13.1 Å². The van der Waals surface area contributed by atoms with Gasteiger partial charge in [0.25, 0.3) is 5.91 Å². The molecule has 1 aromatic heterocycles. The van der Waals surface area contributed by atoms with Crippen LogP contribution in [0.15, 0.2) is 10.6 Å². The second-order valence-corrected chi connectivity index (χ2v) is 5.21. The second-order valence-electron chi connectivity index (χ2n) is 5.21. The molecule has 3 rings (SSSR count). The Bertz CT molecular complexity index is 507. The van der Waals surface area contributed by atoms with Crippen molar-refractivity contribution in [3.63, 3.8) is 0 Å². The number of nitrogens with one attached hydrogen (secondary N) is 1. The normalized spacial score (nSPS) is 23.9. The molecular formula is C13H17N3O3. The summed E-state index contributed by atoms with van der Waals surface area (Å²) in [5.41, 5.74) is 0.309. The number of amides is 2. The van der Waals surface area contributed by atoms with Gasteiger partial charge in [-0.3, -0.25) is 9.59 Å². The Morgan fingerprint density at radius 3 is 3.05 bits per heavy atom. The van der Waals surface area contributed by atoms with Gasteiger partial charge in [-0.05, 0) is 26.2 Å². The van der Waals surface area contributed by atoms with E-state index in [1.807, 2.05) is 0 Å². The Morgan fingerprint density at radius 2 is 2.32 bits per heavy atom. The van der Waals surface area contributed by atoms with E-state index in [4.69, 9.17) is 4.52 Å². The van der Waals surface area contributed by atoms with Crippen LogP contribution in [0.2, 0.25) is 0 Å². The first kappa shape index (κ1) is 12.2. The average Bonchev–Trinajstić information content (AvgIpc) is 3.16. The lowest BCUT2D eigenvalue weighted by Gasteiger charge is -2.24. The highest BCUT2D eigenvalue weighted by molar-refractivity contribution is 5.96. The Balaban J connectivity index is 1.78. The number of hydrogen-bond acceptors (Lipinski definition) is 4. The Hall–Kier alpha value is -1.85. The van der Waals surface area contributed by atoms with E-state index in [1.165, 1.54) is 0 Å². The van der Waals surface area contributed by atoms with E-state index in [0.717, 1.165) is 25.0 Å². The molecule has 0 spiro atoms. The van der Waals surface area contributed by atoms with Gasteiger partial charge in [-0.15, -0.1) is 0 Å². The third-order valence-corrected chi connectivity index (χ3v) is 3.71. The summed E-state index contributed by atoms with van der Waals surface area (Å²) in [5, 5.41) is 6.63. The number of hydrogen-bond donors (Lipinski definition) is 1. The van der Waals surface area contributed by atoms with Gasteiger partial charge in [0.15, 0.2) is 5.69 Å². The number of aromatic nitrogens is 1. The molecule has 102 valence electrons. The topological polar surface area (TPSA) is 75.4 Å². The van der Waals surface area contributed by atoms with Crippen LogP contribution in [-0.2, 0) is 4.79 Å². The van der Waals surface area contributed by atoms with Crippen LogP contribution in [0.3, 0.4) is 0 Å². The highest BCUT2D eigenvalue weighted by Crippen LogP contribution is 2.40. The van der Waals surface area contributed by atoms with Gasteiger partial charge in [0, 0.05) is 25.1 Å². The molecule has 1 atom stereocenters. The largest absolute Gasteiger partial charge is 0.360 e. The summed E-state index contributed by atoms with van der Waals surface area (Å²) in [6.07, 6.45) is 2.96. The molecule has 2 heterocycles. The monoisotopic (exact) mass is 263 g/mol. The fraction of sp³-hybridized carbons (Fsp3) is 0.615. The van der Waals surface area contributed by atoms with Gasteiger partial charge in [0.05, 0.1) is 0 Å². The van der Waals surface area contributed by atoms with Crippen LogP contribution in [0, 0.1) is 0 Å². The zero-order valence-corrected chi connectivity index (χ0v) is 10.9. The highest BCUT2D eigenvalue weighted by atomic mass is 16.5. The molecule has 6 heteroatoms. The lowest BCUT2D eigenvalue weighted by atomic mass is 10.2. The summed E-state index contributed by atoms with van der Waals surface area (Å²) in [7, 11) is 0. The Kier molecular flexibility index (Phi) is 3.00. The molecule has 1 aliphatic carbocycles. The van der Waals surface area contributed by atoms with E-state index < -0.39 is 6.04 Å². The van der Waals surface area contributed by atoms with Crippen LogP contribution in [0.5, 0.6) is 0 Å². The van der Waals surface area contributed by atoms with Crippen LogP contribution < -0.4 is 5.32 Å². The minimum atomic E-state index is -0.462. The average molecular weight is 263 g/mol. The molecule has 2 fully saturated rings. The first-order chi connectivity index (χ1) is 9.16. The Labute approximate surface area is 111 Å². The van der Waals surface area contributed by atoms with Crippen LogP contribution in [0.4, 0.5) is 0 Å². The molecule has 1 aromatic rings. The van der Waals surface area contributed by atoms with Gasteiger partial charge in [-0.25, -0.2) is 0 Å². The SMILES string of the molecule is CC1C(=O)NCCCN1C(=O)c1cc(C2CC2)on1. The molecule has 2 aliphatic rings. The maximum atomic E-state index is 12.4. The molecule has 0 bridgehead atoms. The van der Waals surface area contributed by atoms with Crippen molar-refractivity contribution < 1.29 is 14.1 Å². The minimum Gasteiger partial charge on any atom is -0.360 e.